The van der Waals surface area contributed by atoms with Gasteiger partial charge in [0.1, 0.15) is 6.73 Å². The second kappa shape index (κ2) is 3.92. The third-order valence-corrected chi connectivity index (χ3v) is 2.65. The van der Waals surface area contributed by atoms with Crippen LogP contribution >= 0.6 is 0 Å². The average molecular weight is 185 g/mol. The molecule has 1 N–H and O–H groups in total. The lowest BCUT2D eigenvalue weighted by Gasteiger charge is -2.21. The van der Waals surface area contributed by atoms with E-state index in [1.807, 2.05) is 0 Å². The van der Waals surface area contributed by atoms with Crippen molar-refractivity contribution in [2.45, 2.75) is 26.0 Å². The lowest BCUT2D eigenvalue weighted by molar-refractivity contribution is 0.0783. The summed E-state index contributed by atoms with van der Waals surface area (Å²) in [6.07, 6.45) is 0.410. The van der Waals surface area contributed by atoms with Crippen molar-refractivity contribution < 1.29 is 4.74 Å². The summed E-state index contributed by atoms with van der Waals surface area (Å²) in [6.45, 7) is 9.45. The van der Waals surface area contributed by atoms with Crippen molar-refractivity contribution in [3.05, 3.63) is 0 Å². The molecule has 2 heterocycles. The van der Waals surface area contributed by atoms with Crippen LogP contribution in [0.5, 0.6) is 0 Å². The van der Waals surface area contributed by atoms with E-state index in [0.29, 0.717) is 12.1 Å². The Morgan fingerprint density at radius 3 is 2.69 bits per heavy atom. The maximum atomic E-state index is 5.48. The topological polar surface area (TPSA) is 27.7 Å². The highest BCUT2D eigenvalue weighted by molar-refractivity contribution is 4.75. The number of hydrogen-bond donors (Lipinski definition) is 1. The Morgan fingerprint density at radius 2 is 2.15 bits per heavy atom. The fourth-order valence-corrected chi connectivity index (χ4v) is 1.99. The minimum Gasteiger partial charge on any atom is -0.362 e. The van der Waals surface area contributed by atoms with Crippen molar-refractivity contribution in [1.29, 1.82) is 0 Å². The van der Waals surface area contributed by atoms with E-state index in [0.717, 1.165) is 33.2 Å². The van der Waals surface area contributed by atoms with Crippen LogP contribution in [0.3, 0.4) is 0 Å². The molecule has 13 heavy (non-hydrogen) atoms. The van der Waals surface area contributed by atoms with Gasteiger partial charge in [-0.1, -0.05) is 0 Å². The zero-order valence-corrected chi connectivity index (χ0v) is 8.49. The first-order chi connectivity index (χ1) is 6.24. The average Bonchev–Trinajstić information content (AvgIpc) is 2.62. The zero-order valence-electron chi connectivity index (χ0n) is 8.49. The highest BCUT2D eigenvalue weighted by atomic mass is 16.5. The molecule has 2 rings (SSSR count). The Hall–Kier alpha value is -0.160. The zero-order chi connectivity index (χ0) is 9.26. The van der Waals surface area contributed by atoms with Gasteiger partial charge in [-0.2, -0.15) is 0 Å². The van der Waals surface area contributed by atoms with E-state index >= 15 is 0 Å². The molecule has 2 saturated heterocycles. The number of rotatable bonds is 2. The number of nitrogens with one attached hydrogen (secondary N) is 1. The lowest BCUT2D eigenvalue weighted by Crippen LogP contribution is -2.36. The first-order valence-corrected chi connectivity index (χ1v) is 5.04. The van der Waals surface area contributed by atoms with Gasteiger partial charge in [0, 0.05) is 25.8 Å². The minimum atomic E-state index is 0.410. The summed E-state index contributed by atoms with van der Waals surface area (Å²) >= 11 is 0. The van der Waals surface area contributed by atoms with E-state index in [1.165, 1.54) is 0 Å². The Kier molecular flexibility index (Phi) is 2.83. The number of ether oxygens (including phenoxy) is 1. The molecule has 4 nitrogen and oxygen atoms in total. The summed E-state index contributed by atoms with van der Waals surface area (Å²) in [5.41, 5.74) is 0. The van der Waals surface area contributed by atoms with E-state index in [4.69, 9.17) is 4.74 Å². The molecule has 0 amide bonds. The molecule has 2 fully saturated rings. The van der Waals surface area contributed by atoms with E-state index in [1.54, 1.807) is 0 Å². The van der Waals surface area contributed by atoms with Gasteiger partial charge in [0.05, 0.1) is 12.8 Å². The van der Waals surface area contributed by atoms with Gasteiger partial charge in [-0.15, -0.1) is 0 Å². The molecule has 0 bridgehead atoms. The smallest absolute Gasteiger partial charge is 0.101 e. The molecule has 0 radical (unpaired) electrons. The molecule has 0 aromatic rings. The summed E-state index contributed by atoms with van der Waals surface area (Å²) in [4.78, 5) is 4.77. The first-order valence-electron chi connectivity index (χ1n) is 5.04. The summed E-state index contributed by atoms with van der Waals surface area (Å²) in [7, 11) is 0. The van der Waals surface area contributed by atoms with Gasteiger partial charge in [0.15, 0.2) is 0 Å². The standard InChI is InChI=1S/C9H19N3O/c1-8-3-11(5-10-8)6-12-4-9(2)13-7-12/h8-10H,3-7H2,1-2H3. The molecule has 0 aromatic heterocycles. The fourth-order valence-electron chi connectivity index (χ4n) is 1.99. The predicted molar refractivity (Wildman–Crippen MR) is 51.2 cm³/mol. The molecule has 76 valence electrons. The molecule has 0 aliphatic carbocycles. The third-order valence-electron chi connectivity index (χ3n) is 2.65. The molecule has 0 saturated carbocycles. The van der Waals surface area contributed by atoms with Crippen LogP contribution in [-0.4, -0.2) is 55.1 Å². The first kappa shape index (κ1) is 9.40. The Morgan fingerprint density at radius 1 is 1.31 bits per heavy atom. The molecular formula is C9H19N3O. The van der Waals surface area contributed by atoms with Crippen molar-refractivity contribution in [2.75, 3.05) is 33.2 Å². The number of hydrogen-bond acceptors (Lipinski definition) is 4. The van der Waals surface area contributed by atoms with Crippen molar-refractivity contribution in [3.63, 3.8) is 0 Å². The van der Waals surface area contributed by atoms with Crippen LogP contribution in [0.1, 0.15) is 13.8 Å². The predicted octanol–water partition coefficient (Wildman–Crippen LogP) is -0.127. The molecule has 2 aliphatic rings. The van der Waals surface area contributed by atoms with Gasteiger partial charge in [-0.3, -0.25) is 9.80 Å². The molecule has 2 unspecified atom stereocenters. The highest BCUT2D eigenvalue weighted by Gasteiger charge is 2.24. The van der Waals surface area contributed by atoms with Crippen molar-refractivity contribution in [1.82, 2.24) is 15.1 Å². The Labute approximate surface area is 79.8 Å². The van der Waals surface area contributed by atoms with Gasteiger partial charge < -0.3 is 10.1 Å². The summed E-state index contributed by atoms with van der Waals surface area (Å²) in [6, 6.07) is 0.640. The molecule has 2 aliphatic heterocycles. The van der Waals surface area contributed by atoms with Crippen LogP contribution in [0.2, 0.25) is 0 Å². The van der Waals surface area contributed by atoms with E-state index in [9.17, 15) is 0 Å². The van der Waals surface area contributed by atoms with Crippen LogP contribution < -0.4 is 5.32 Å². The molecule has 0 aromatic carbocycles. The van der Waals surface area contributed by atoms with Gasteiger partial charge in [-0.05, 0) is 13.8 Å². The molecular weight excluding hydrogens is 166 g/mol. The quantitative estimate of drug-likeness (QED) is 0.649. The molecule has 0 spiro atoms. The summed E-state index contributed by atoms with van der Waals surface area (Å²) in [5, 5.41) is 3.41. The normalized spacial score (nSPS) is 37.4. The molecule has 2 atom stereocenters. The second-order valence-electron chi connectivity index (χ2n) is 4.22. The highest BCUT2D eigenvalue weighted by Crippen LogP contribution is 2.09. The van der Waals surface area contributed by atoms with Gasteiger partial charge in [0.2, 0.25) is 0 Å². The summed E-state index contributed by atoms with van der Waals surface area (Å²) < 4.78 is 5.48. The van der Waals surface area contributed by atoms with Crippen molar-refractivity contribution in [3.8, 4) is 0 Å². The van der Waals surface area contributed by atoms with E-state index < -0.39 is 0 Å². The van der Waals surface area contributed by atoms with Gasteiger partial charge in [-0.25, -0.2) is 0 Å². The maximum Gasteiger partial charge on any atom is 0.101 e. The Balaban J connectivity index is 1.72. The summed E-state index contributed by atoms with van der Waals surface area (Å²) in [5.74, 6) is 0. The second-order valence-corrected chi connectivity index (χ2v) is 4.22. The fraction of sp³-hybridized carbons (Fsp3) is 1.00. The van der Waals surface area contributed by atoms with E-state index in [2.05, 4.69) is 29.0 Å². The SMILES string of the molecule is CC1CN(CN2COC(C)C2)CN1. The number of nitrogens with zero attached hydrogens (tertiary/aromatic N) is 2. The van der Waals surface area contributed by atoms with Crippen LogP contribution in [0, 0.1) is 0 Å². The lowest BCUT2D eigenvalue weighted by atomic mass is 10.4. The van der Waals surface area contributed by atoms with Crippen molar-refractivity contribution in [2.24, 2.45) is 0 Å². The maximum absolute atomic E-state index is 5.48. The van der Waals surface area contributed by atoms with Crippen LogP contribution in [-0.2, 0) is 4.74 Å². The van der Waals surface area contributed by atoms with Crippen molar-refractivity contribution >= 4 is 0 Å². The van der Waals surface area contributed by atoms with E-state index in [-0.39, 0.29) is 0 Å². The minimum absolute atomic E-state index is 0.410. The Bertz CT molecular complexity index is 158. The van der Waals surface area contributed by atoms with Gasteiger partial charge in [0.25, 0.3) is 0 Å². The molecule has 4 heteroatoms. The monoisotopic (exact) mass is 185 g/mol. The third kappa shape index (κ3) is 2.40. The largest absolute Gasteiger partial charge is 0.362 e. The van der Waals surface area contributed by atoms with Crippen LogP contribution in [0.4, 0.5) is 0 Å². The van der Waals surface area contributed by atoms with Crippen LogP contribution in [0.15, 0.2) is 0 Å². The van der Waals surface area contributed by atoms with Gasteiger partial charge >= 0.3 is 0 Å². The van der Waals surface area contributed by atoms with Crippen LogP contribution in [0.25, 0.3) is 0 Å².